The van der Waals surface area contributed by atoms with Crippen LogP contribution in [0.2, 0.25) is 5.02 Å². The van der Waals surface area contributed by atoms with Crippen LogP contribution in [0, 0.1) is 0 Å². The molecule has 3 aromatic carbocycles. The number of fused-ring (bicyclic) bond motifs is 1. The molecule has 0 saturated heterocycles. The molecule has 0 aliphatic carbocycles. The first-order valence-electron chi connectivity index (χ1n) is 13.7. The topological polar surface area (TPSA) is 88.4 Å². The molecule has 1 aliphatic heterocycles. The fourth-order valence-corrected chi connectivity index (χ4v) is 6.14. The van der Waals surface area contributed by atoms with Crippen LogP contribution in [0.15, 0.2) is 87.8 Å². The smallest absolute Gasteiger partial charge is 0.338 e. The molecule has 1 aromatic heterocycles. The summed E-state index contributed by atoms with van der Waals surface area (Å²) in [5, 5.41) is 0.442. The Labute approximate surface area is 258 Å². The van der Waals surface area contributed by atoms with Gasteiger partial charge in [0.25, 0.3) is 5.56 Å². The van der Waals surface area contributed by atoms with Crippen molar-refractivity contribution in [3.8, 4) is 17.2 Å². The van der Waals surface area contributed by atoms with E-state index in [2.05, 4.69) is 4.99 Å². The number of aromatic nitrogens is 1. The number of ether oxygens (including phenoxy) is 4. The van der Waals surface area contributed by atoms with Gasteiger partial charge in [-0.3, -0.25) is 9.36 Å². The van der Waals surface area contributed by atoms with Gasteiger partial charge >= 0.3 is 5.97 Å². The minimum Gasteiger partial charge on any atom is -0.493 e. The zero-order chi connectivity index (χ0) is 30.5. The molecule has 0 radical (unpaired) electrons. The van der Waals surface area contributed by atoms with E-state index in [9.17, 15) is 9.59 Å². The van der Waals surface area contributed by atoms with E-state index in [1.54, 1.807) is 38.3 Å². The second-order valence-corrected chi connectivity index (χ2v) is 11.2. The minimum absolute atomic E-state index is 0.235. The summed E-state index contributed by atoms with van der Waals surface area (Å²) in [6.45, 7) is 4.54. The molecule has 5 rings (SSSR count). The number of para-hydroxylation sites is 1. The summed E-state index contributed by atoms with van der Waals surface area (Å²) < 4.78 is 24.9. The number of methoxy groups -OCH3 is 2. The Bertz CT molecular complexity index is 1860. The van der Waals surface area contributed by atoms with E-state index in [1.165, 1.54) is 23.0 Å². The summed E-state index contributed by atoms with van der Waals surface area (Å²) in [7, 11) is 2.86. The minimum atomic E-state index is -0.862. The Morgan fingerprint density at radius 1 is 1.05 bits per heavy atom. The number of esters is 1. The Kier molecular flexibility index (Phi) is 9.33. The molecule has 0 spiro atoms. The predicted molar refractivity (Wildman–Crippen MR) is 167 cm³/mol. The van der Waals surface area contributed by atoms with Crippen LogP contribution in [0.25, 0.3) is 6.08 Å². The molecular weight excluding hydrogens is 588 g/mol. The van der Waals surface area contributed by atoms with E-state index in [0.717, 1.165) is 12.0 Å². The zero-order valence-electron chi connectivity index (χ0n) is 24.3. The number of carbonyl (C=O) groups excluding carboxylic acids is 1. The molecule has 1 unspecified atom stereocenters. The van der Waals surface area contributed by atoms with E-state index in [1.807, 2.05) is 55.5 Å². The third kappa shape index (κ3) is 6.23. The second kappa shape index (κ2) is 13.3. The van der Waals surface area contributed by atoms with Crippen molar-refractivity contribution in [2.75, 3.05) is 20.8 Å². The first-order valence-corrected chi connectivity index (χ1v) is 14.9. The molecule has 0 fully saturated rings. The van der Waals surface area contributed by atoms with Gasteiger partial charge in [-0.1, -0.05) is 72.3 Å². The Morgan fingerprint density at radius 3 is 2.56 bits per heavy atom. The number of thiazole rings is 1. The molecule has 0 saturated carbocycles. The monoisotopic (exact) mass is 618 g/mol. The van der Waals surface area contributed by atoms with Gasteiger partial charge in [0.1, 0.15) is 18.4 Å². The summed E-state index contributed by atoms with van der Waals surface area (Å²) in [4.78, 5) is 32.3. The Morgan fingerprint density at radius 2 is 1.84 bits per heavy atom. The van der Waals surface area contributed by atoms with E-state index < -0.39 is 12.0 Å². The van der Waals surface area contributed by atoms with Gasteiger partial charge < -0.3 is 18.9 Å². The lowest BCUT2D eigenvalue weighted by atomic mass is 9.95. The Balaban J connectivity index is 1.65. The number of hydrogen-bond donors (Lipinski definition) is 0. The predicted octanol–water partition coefficient (Wildman–Crippen LogP) is 5.44. The van der Waals surface area contributed by atoms with Gasteiger partial charge in [0.15, 0.2) is 16.3 Å². The van der Waals surface area contributed by atoms with E-state index in [-0.39, 0.29) is 11.1 Å². The van der Waals surface area contributed by atoms with Crippen LogP contribution in [0.3, 0.4) is 0 Å². The quantitative estimate of drug-likeness (QED) is 0.220. The molecule has 1 atom stereocenters. The number of halogens is 1. The average Bonchev–Trinajstić information content (AvgIpc) is 3.32. The highest BCUT2D eigenvalue weighted by Gasteiger charge is 2.35. The maximum atomic E-state index is 14.1. The van der Waals surface area contributed by atoms with Crippen molar-refractivity contribution in [2.24, 2.45) is 4.99 Å². The van der Waals surface area contributed by atoms with Crippen molar-refractivity contribution < 1.29 is 23.7 Å². The fourth-order valence-electron chi connectivity index (χ4n) is 4.92. The van der Waals surface area contributed by atoms with Gasteiger partial charge in [-0.05, 0) is 49.2 Å². The summed E-state index contributed by atoms with van der Waals surface area (Å²) in [5.41, 5.74) is 2.59. The summed E-state index contributed by atoms with van der Waals surface area (Å²) in [6.07, 6.45) is 2.53. The largest absolute Gasteiger partial charge is 0.493 e. The van der Waals surface area contributed by atoms with Crippen LogP contribution in [0.4, 0.5) is 0 Å². The van der Waals surface area contributed by atoms with Gasteiger partial charge in [0.2, 0.25) is 0 Å². The Hall–Kier alpha value is -4.34. The molecule has 0 N–H and O–H groups in total. The van der Waals surface area contributed by atoms with Crippen LogP contribution >= 0.6 is 22.9 Å². The van der Waals surface area contributed by atoms with Crippen molar-refractivity contribution in [1.29, 1.82) is 0 Å². The number of nitrogens with zero attached hydrogens (tertiary/aromatic N) is 2. The van der Waals surface area contributed by atoms with Gasteiger partial charge in [-0.25, -0.2) is 9.79 Å². The molecule has 4 aromatic rings. The van der Waals surface area contributed by atoms with E-state index >= 15 is 0 Å². The van der Waals surface area contributed by atoms with E-state index in [4.69, 9.17) is 30.5 Å². The molecule has 10 heteroatoms. The number of allylic oxidation sites excluding steroid dienone is 1. The third-order valence-corrected chi connectivity index (χ3v) is 8.11. The van der Waals surface area contributed by atoms with Crippen LogP contribution < -0.4 is 29.1 Å². The molecule has 0 bridgehead atoms. The van der Waals surface area contributed by atoms with Crippen LogP contribution in [0.1, 0.15) is 43.0 Å². The number of rotatable bonds is 10. The lowest BCUT2D eigenvalue weighted by molar-refractivity contribution is -0.136. The first-order chi connectivity index (χ1) is 20.9. The van der Waals surface area contributed by atoms with Crippen molar-refractivity contribution in [2.45, 2.75) is 32.9 Å². The SMILES string of the molecule is CCCOc1ccc(Cl)cc1C1C(C(=O)OC)=C(C)N=c2s/c(=C\c3cccc(OCc4ccccc4)c3OC)c(=O)n21. The molecule has 2 heterocycles. The number of hydrogen-bond acceptors (Lipinski definition) is 8. The fraction of sp³-hybridized carbons (Fsp3) is 0.242. The molecule has 222 valence electrons. The lowest BCUT2D eigenvalue weighted by Gasteiger charge is -2.26. The first kappa shape index (κ1) is 30.1. The van der Waals surface area contributed by atoms with Gasteiger partial charge in [-0.2, -0.15) is 0 Å². The standard InChI is InChI=1S/C33H31ClN2O6S/c1-5-16-41-25-15-14-23(34)18-24(25)29-28(32(38)40-4)20(2)35-33-36(29)31(37)27(43-33)17-22-12-9-13-26(30(22)39-3)42-19-21-10-7-6-8-11-21/h6-15,17-18,29H,5,16,19H2,1-4H3/b27-17-. The van der Waals surface area contributed by atoms with Crippen LogP contribution in [-0.4, -0.2) is 31.4 Å². The van der Waals surface area contributed by atoms with Gasteiger partial charge in [-0.15, -0.1) is 0 Å². The average molecular weight is 619 g/mol. The molecule has 8 nitrogen and oxygen atoms in total. The number of carbonyl (C=O) groups is 1. The highest BCUT2D eigenvalue weighted by molar-refractivity contribution is 7.07. The highest BCUT2D eigenvalue weighted by atomic mass is 35.5. The lowest BCUT2D eigenvalue weighted by Crippen LogP contribution is -2.40. The second-order valence-electron chi connectivity index (χ2n) is 9.76. The van der Waals surface area contributed by atoms with Crippen LogP contribution in [-0.2, 0) is 16.1 Å². The number of benzene rings is 3. The molecular formula is C33H31ClN2O6S. The van der Waals surface area contributed by atoms with Crippen molar-refractivity contribution in [3.05, 3.63) is 119 Å². The van der Waals surface area contributed by atoms with Crippen LogP contribution in [0.5, 0.6) is 17.2 Å². The summed E-state index contributed by atoms with van der Waals surface area (Å²) >= 11 is 7.65. The maximum Gasteiger partial charge on any atom is 0.338 e. The summed E-state index contributed by atoms with van der Waals surface area (Å²) in [5.74, 6) is 0.974. The van der Waals surface area contributed by atoms with Crippen molar-refractivity contribution in [3.63, 3.8) is 0 Å². The molecule has 1 aliphatic rings. The maximum absolute atomic E-state index is 14.1. The van der Waals surface area contributed by atoms with Crippen molar-refractivity contribution >= 4 is 35.0 Å². The normalized spacial score (nSPS) is 14.6. The van der Waals surface area contributed by atoms with Gasteiger partial charge in [0.05, 0.1) is 36.6 Å². The van der Waals surface area contributed by atoms with E-state index in [0.29, 0.717) is 61.6 Å². The molecule has 43 heavy (non-hydrogen) atoms. The highest BCUT2D eigenvalue weighted by Crippen LogP contribution is 2.37. The zero-order valence-corrected chi connectivity index (χ0v) is 25.8. The summed E-state index contributed by atoms with van der Waals surface area (Å²) in [6, 6.07) is 19.7. The third-order valence-electron chi connectivity index (χ3n) is 6.89. The van der Waals surface area contributed by atoms with Crippen molar-refractivity contribution in [1.82, 2.24) is 4.57 Å². The van der Waals surface area contributed by atoms with Gasteiger partial charge in [0, 0.05) is 16.1 Å². The molecule has 0 amide bonds.